The fraction of sp³-hybridized carbons (Fsp3) is 0.385. The second-order valence-corrected chi connectivity index (χ2v) is 5.48. The molecule has 0 fully saturated rings. The molecule has 0 amide bonds. The number of aryl methyl sites for hydroxylation is 2. The molecule has 2 rings (SSSR count). The molecular weight excluding hydrogens is 308 g/mol. The number of halogens is 1. The van der Waals surface area contributed by atoms with Gasteiger partial charge < -0.3 is 10.4 Å². The lowest BCUT2D eigenvalue weighted by molar-refractivity contribution is 0.454. The molecule has 102 valence electrons. The lowest BCUT2D eigenvalue weighted by Crippen LogP contribution is -2.19. The lowest BCUT2D eigenvalue weighted by Gasteiger charge is -2.13. The van der Waals surface area contributed by atoms with Crippen LogP contribution in [0.2, 0.25) is 0 Å². The molecule has 5 nitrogen and oxygen atoms in total. The van der Waals surface area contributed by atoms with Crippen molar-refractivity contribution in [3.63, 3.8) is 0 Å². The minimum atomic E-state index is 0.151. The molecule has 0 saturated carbocycles. The highest BCUT2D eigenvalue weighted by molar-refractivity contribution is 9.10. The van der Waals surface area contributed by atoms with Crippen molar-refractivity contribution in [1.82, 2.24) is 20.1 Å². The van der Waals surface area contributed by atoms with Crippen LogP contribution < -0.4 is 5.32 Å². The molecular formula is C13H17BrN4O. The number of hydrogen-bond acceptors (Lipinski definition) is 4. The molecule has 2 aromatic heterocycles. The van der Waals surface area contributed by atoms with Crippen LogP contribution in [0.25, 0.3) is 0 Å². The lowest BCUT2D eigenvalue weighted by atomic mass is 10.1. The molecule has 2 heterocycles. The molecule has 1 unspecified atom stereocenters. The number of nitrogens with one attached hydrogen (secondary N) is 1. The summed E-state index contributed by atoms with van der Waals surface area (Å²) in [5, 5.41) is 17.4. The molecule has 0 saturated heterocycles. The maximum atomic E-state index is 9.78. The summed E-state index contributed by atoms with van der Waals surface area (Å²) in [5.74, 6) is 0.192. The summed E-state index contributed by atoms with van der Waals surface area (Å²) in [6.07, 6.45) is 3.68. The third-order valence-corrected chi connectivity index (χ3v) is 3.44. The van der Waals surface area contributed by atoms with E-state index in [2.05, 4.69) is 38.3 Å². The van der Waals surface area contributed by atoms with Crippen molar-refractivity contribution >= 4 is 15.9 Å². The van der Waals surface area contributed by atoms with Gasteiger partial charge in [0.05, 0.1) is 11.4 Å². The van der Waals surface area contributed by atoms with Gasteiger partial charge >= 0.3 is 0 Å². The van der Waals surface area contributed by atoms with E-state index < -0.39 is 0 Å². The van der Waals surface area contributed by atoms with E-state index in [1.165, 1.54) is 0 Å². The van der Waals surface area contributed by atoms with Crippen molar-refractivity contribution in [2.45, 2.75) is 26.4 Å². The Bertz CT molecular complexity index is 582. The van der Waals surface area contributed by atoms with Gasteiger partial charge in [-0.15, -0.1) is 0 Å². The van der Waals surface area contributed by atoms with E-state index in [9.17, 15) is 5.11 Å². The molecule has 2 aromatic rings. The molecule has 0 aromatic carbocycles. The minimum Gasteiger partial charge on any atom is -0.506 e. The number of hydrogen-bond donors (Lipinski definition) is 2. The first-order valence-corrected chi connectivity index (χ1v) is 6.83. The van der Waals surface area contributed by atoms with Crippen molar-refractivity contribution < 1.29 is 5.11 Å². The fourth-order valence-electron chi connectivity index (χ4n) is 2.00. The van der Waals surface area contributed by atoms with E-state index >= 15 is 0 Å². The quantitative estimate of drug-likeness (QED) is 0.906. The molecule has 0 aliphatic heterocycles. The van der Waals surface area contributed by atoms with Gasteiger partial charge in [0.2, 0.25) is 0 Å². The van der Waals surface area contributed by atoms with Crippen LogP contribution >= 0.6 is 15.9 Å². The highest BCUT2D eigenvalue weighted by Gasteiger charge is 2.12. The number of pyridine rings is 1. The maximum absolute atomic E-state index is 9.78. The smallest absolute Gasteiger partial charge is 0.139 e. The van der Waals surface area contributed by atoms with Gasteiger partial charge in [0.25, 0.3) is 0 Å². The molecule has 0 aliphatic rings. The summed E-state index contributed by atoms with van der Waals surface area (Å²) in [6, 6.07) is 1.79. The number of nitrogens with zero attached hydrogens (tertiary/aromatic N) is 3. The molecule has 2 N–H and O–H groups in total. The first-order valence-electron chi connectivity index (χ1n) is 6.04. The van der Waals surface area contributed by atoms with E-state index in [4.69, 9.17) is 0 Å². The highest BCUT2D eigenvalue weighted by atomic mass is 79.9. The predicted molar refractivity (Wildman–Crippen MR) is 76.8 cm³/mol. The average molecular weight is 325 g/mol. The second kappa shape index (κ2) is 5.71. The van der Waals surface area contributed by atoms with E-state index in [1.807, 2.05) is 20.2 Å². The Morgan fingerprint density at radius 3 is 2.84 bits per heavy atom. The summed E-state index contributed by atoms with van der Waals surface area (Å²) >= 11 is 3.27. The van der Waals surface area contributed by atoms with Crippen LogP contribution in [0.3, 0.4) is 0 Å². The van der Waals surface area contributed by atoms with Crippen LogP contribution in [0.15, 0.2) is 22.9 Å². The van der Waals surface area contributed by atoms with Crippen LogP contribution in [0.1, 0.15) is 29.9 Å². The minimum absolute atomic E-state index is 0.151. The van der Waals surface area contributed by atoms with Gasteiger partial charge in [-0.25, -0.2) is 0 Å². The van der Waals surface area contributed by atoms with Crippen molar-refractivity contribution in [2.24, 2.45) is 7.05 Å². The molecule has 0 spiro atoms. The fourth-order valence-corrected chi connectivity index (χ4v) is 2.32. The Balaban J connectivity index is 2.04. The zero-order chi connectivity index (χ0) is 14.0. The highest BCUT2D eigenvalue weighted by Crippen LogP contribution is 2.21. The summed E-state index contributed by atoms with van der Waals surface area (Å²) < 4.78 is 2.57. The van der Waals surface area contributed by atoms with Gasteiger partial charge in [-0.3, -0.25) is 9.67 Å². The summed E-state index contributed by atoms with van der Waals surface area (Å²) in [6.45, 7) is 4.57. The Hall–Kier alpha value is -1.40. The molecule has 19 heavy (non-hydrogen) atoms. The summed E-state index contributed by atoms with van der Waals surface area (Å²) in [4.78, 5) is 4.19. The van der Waals surface area contributed by atoms with E-state index in [0.717, 1.165) is 15.7 Å². The Labute approximate surface area is 120 Å². The summed E-state index contributed by atoms with van der Waals surface area (Å²) in [5.41, 5.74) is 2.80. The molecule has 6 heteroatoms. The van der Waals surface area contributed by atoms with E-state index in [0.29, 0.717) is 12.2 Å². The van der Waals surface area contributed by atoms with Gasteiger partial charge in [0.1, 0.15) is 5.75 Å². The van der Waals surface area contributed by atoms with Crippen LogP contribution in [0.5, 0.6) is 5.75 Å². The Kier molecular flexibility index (Phi) is 4.21. The third-order valence-electron chi connectivity index (χ3n) is 3.01. The standard InChI is InChI=1S/C13H17BrN4O/c1-8(11-7-18(3)17-9(11)2)15-6-12-13(19)4-10(14)5-16-12/h4-5,7-8,15,19H,6H2,1-3H3. The van der Waals surface area contributed by atoms with Crippen LogP contribution in [-0.4, -0.2) is 19.9 Å². The monoisotopic (exact) mass is 324 g/mol. The Morgan fingerprint density at radius 2 is 2.26 bits per heavy atom. The normalized spacial score (nSPS) is 12.6. The molecule has 1 atom stereocenters. The first-order chi connectivity index (χ1) is 8.97. The Morgan fingerprint density at radius 1 is 1.53 bits per heavy atom. The van der Waals surface area contributed by atoms with E-state index in [1.54, 1.807) is 16.9 Å². The zero-order valence-corrected chi connectivity index (χ0v) is 12.8. The van der Waals surface area contributed by atoms with Gasteiger partial charge in [0, 0.05) is 42.1 Å². The van der Waals surface area contributed by atoms with Crippen molar-refractivity contribution in [1.29, 1.82) is 0 Å². The number of aromatic nitrogens is 3. The largest absolute Gasteiger partial charge is 0.506 e. The SMILES string of the molecule is Cc1nn(C)cc1C(C)NCc1ncc(Br)cc1O. The van der Waals surface area contributed by atoms with Crippen LogP contribution in [-0.2, 0) is 13.6 Å². The van der Waals surface area contributed by atoms with Gasteiger partial charge in [-0.1, -0.05) is 0 Å². The molecule has 0 aliphatic carbocycles. The molecule has 0 bridgehead atoms. The first kappa shape index (κ1) is 14.0. The topological polar surface area (TPSA) is 63.0 Å². The predicted octanol–water partition coefficient (Wildman–Crippen LogP) is 2.44. The number of rotatable bonds is 4. The maximum Gasteiger partial charge on any atom is 0.139 e. The van der Waals surface area contributed by atoms with Gasteiger partial charge in [-0.2, -0.15) is 5.10 Å². The van der Waals surface area contributed by atoms with Crippen molar-refractivity contribution in [3.8, 4) is 5.75 Å². The second-order valence-electron chi connectivity index (χ2n) is 4.57. The average Bonchev–Trinajstić information content (AvgIpc) is 2.67. The van der Waals surface area contributed by atoms with E-state index in [-0.39, 0.29) is 11.8 Å². The van der Waals surface area contributed by atoms with Crippen LogP contribution in [0.4, 0.5) is 0 Å². The third kappa shape index (κ3) is 3.33. The van der Waals surface area contributed by atoms with Crippen molar-refractivity contribution in [3.05, 3.63) is 39.9 Å². The molecule has 0 radical (unpaired) electrons. The van der Waals surface area contributed by atoms with Crippen LogP contribution in [0, 0.1) is 6.92 Å². The van der Waals surface area contributed by atoms with Gasteiger partial charge in [0.15, 0.2) is 0 Å². The summed E-state index contributed by atoms with van der Waals surface area (Å²) in [7, 11) is 1.91. The zero-order valence-electron chi connectivity index (χ0n) is 11.2. The van der Waals surface area contributed by atoms with Crippen molar-refractivity contribution in [2.75, 3.05) is 0 Å². The number of aromatic hydroxyl groups is 1. The van der Waals surface area contributed by atoms with Gasteiger partial charge in [-0.05, 0) is 35.8 Å².